The van der Waals surface area contributed by atoms with Gasteiger partial charge in [0.05, 0.1) is 10.6 Å². The molecule has 100 valence electrons. The Morgan fingerprint density at radius 2 is 2.00 bits per heavy atom. The van der Waals surface area contributed by atoms with Gasteiger partial charge in [-0.15, -0.1) is 0 Å². The predicted octanol–water partition coefficient (Wildman–Crippen LogP) is 1.82. The molecule has 1 saturated heterocycles. The Morgan fingerprint density at radius 3 is 2.61 bits per heavy atom. The molecule has 1 aromatic carbocycles. The minimum atomic E-state index is -3.31. The van der Waals surface area contributed by atoms with Gasteiger partial charge in [-0.05, 0) is 31.0 Å². The molecule has 1 N–H and O–H groups in total. The minimum absolute atomic E-state index is 0.124. The predicted molar refractivity (Wildman–Crippen MR) is 67.0 cm³/mol. The average Bonchev–Trinajstić information content (AvgIpc) is 2.32. The van der Waals surface area contributed by atoms with Gasteiger partial charge >= 0.3 is 0 Å². The van der Waals surface area contributed by atoms with Gasteiger partial charge in [-0.3, -0.25) is 0 Å². The van der Waals surface area contributed by atoms with Crippen LogP contribution in [-0.4, -0.2) is 33.9 Å². The van der Waals surface area contributed by atoms with Crippen molar-refractivity contribution in [3.63, 3.8) is 0 Å². The summed E-state index contributed by atoms with van der Waals surface area (Å²) in [5.74, 6) is -0.436. The molecule has 0 spiro atoms. The highest BCUT2D eigenvalue weighted by Gasteiger charge is 2.17. The molecule has 1 fully saturated rings. The summed E-state index contributed by atoms with van der Waals surface area (Å²) < 4.78 is 41.7. The van der Waals surface area contributed by atoms with E-state index in [1.807, 2.05) is 0 Å². The topological polar surface area (TPSA) is 55.4 Å². The van der Waals surface area contributed by atoms with Crippen molar-refractivity contribution in [3.8, 4) is 0 Å². The Bertz CT molecular complexity index is 524. The lowest BCUT2D eigenvalue weighted by Gasteiger charge is -2.24. The Hall–Kier alpha value is -1.14. The van der Waals surface area contributed by atoms with E-state index in [1.165, 1.54) is 18.2 Å². The van der Waals surface area contributed by atoms with Gasteiger partial charge in [-0.2, -0.15) is 0 Å². The van der Waals surface area contributed by atoms with Gasteiger partial charge < -0.3 is 10.1 Å². The van der Waals surface area contributed by atoms with Crippen LogP contribution >= 0.6 is 0 Å². The molecule has 1 heterocycles. The Labute approximate surface area is 106 Å². The van der Waals surface area contributed by atoms with Crippen molar-refractivity contribution >= 4 is 15.5 Å². The molecule has 0 aromatic heterocycles. The maximum atomic E-state index is 13.6. The molecule has 1 aliphatic heterocycles. The molecule has 1 aromatic rings. The van der Waals surface area contributed by atoms with Crippen molar-refractivity contribution in [1.29, 1.82) is 0 Å². The summed E-state index contributed by atoms with van der Waals surface area (Å²) in [7, 11) is -3.31. The standard InChI is InChI=1S/C12H16FNO3S/c1-18(15,16)10-2-3-11(13)12(8-10)14-9-4-6-17-7-5-9/h2-3,8-9,14H,4-7H2,1H3. The molecule has 0 atom stereocenters. The number of sulfone groups is 1. The number of rotatable bonds is 3. The quantitative estimate of drug-likeness (QED) is 0.854. The number of nitrogens with one attached hydrogen (secondary N) is 1. The molecule has 18 heavy (non-hydrogen) atoms. The zero-order valence-corrected chi connectivity index (χ0v) is 11.0. The van der Waals surface area contributed by atoms with Crippen LogP contribution in [0.15, 0.2) is 23.1 Å². The van der Waals surface area contributed by atoms with Gasteiger partial charge in [0.15, 0.2) is 9.84 Å². The second kappa shape index (κ2) is 5.24. The molecule has 0 amide bonds. The zero-order chi connectivity index (χ0) is 13.2. The summed E-state index contributed by atoms with van der Waals surface area (Å²) in [6.07, 6.45) is 2.70. The van der Waals surface area contributed by atoms with Crippen LogP contribution in [-0.2, 0) is 14.6 Å². The lowest BCUT2D eigenvalue weighted by atomic mass is 10.1. The Balaban J connectivity index is 2.21. The van der Waals surface area contributed by atoms with Crippen molar-refractivity contribution in [1.82, 2.24) is 0 Å². The lowest BCUT2D eigenvalue weighted by Crippen LogP contribution is -2.28. The molecular formula is C12H16FNO3S. The van der Waals surface area contributed by atoms with Crippen LogP contribution in [0.1, 0.15) is 12.8 Å². The highest BCUT2D eigenvalue weighted by atomic mass is 32.2. The van der Waals surface area contributed by atoms with E-state index in [0.29, 0.717) is 13.2 Å². The second-order valence-electron chi connectivity index (χ2n) is 4.44. The number of halogens is 1. The normalized spacial score (nSPS) is 17.7. The third kappa shape index (κ3) is 3.20. The van der Waals surface area contributed by atoms with E-state index in [9.17, 15) is 12.8 Å². The van der Waals surface area contributed by atoms with Crippen LogP contribution in [0.5, 0.6) is 0 Å². The van der Waals surface area contributed by atoms with E-state index in [4.69, 9.17) is 4.74 Å². The van der Waals surface area contributed by atoms with Crippen LogP contribution in [0, 0.1) is 5.82 Å². The molecule has 6 heteroatoms. The van der Waals surface area contributed by atoms with Gasteiger partial charge in [0, 0.05) is 25.5 Å². The molecule has 0 saturated carbocycles. The highest BCUT2D eigenvalue weighted by molar-refractivity contribution is 7.90. The molecule has 0 radical (unpaired) electrons. The van der Waals surface area contributed by atoms with E-state index < -0.39 is 15.7 Å². The maximum absolute atomic E-state index is 13.6. The van der Waals surface area contributed by atoms with Gasteiger partial charge in [0.2, 0.25) is 0 Å². The molecule has 0 unspecified atom stereocenters. The largest absolute Gasteiger partial charge is 0.381 e. The minimum Gasteiger partial charge on any atom is -0.381 e. The fraction of sp³-hybridized carbons (Fsp3) is 0.500. The fourth-order valence-electron chi connectivity index (χ4n) is 1.91. The summed E-state index contributed by atoms with van der Waals surface area (Å²) in [4.78, 5) is 0.124. The van der Waals surface area contributed by atoms with Gasteiger partial charge in [-0.1, -0.05) is 0 Å². The third-order valence-electron chi connectivity index (χ3n) is 2.95. The molecule has 2 rings (SSSR count). The molecule has 0 bridgehead atoms. The highest BCUT2D eigenvalue weighted by Crippen LogP contribution is 2.22. The first-order valence-electron chi connectivity index (χ1n) is 5.81. The van der Waals surface area contributed by atoms with Crippen LogP contribution in [0.25, 0.3) is 0 Å². The second-order valence-corrected chi connectivity index (χ2v) is 6.46. The molecule has 0 aliphatic carbocycles. The number of hydrogen-bond acceptors (Lipinski definition) is 4. The first-order valence-corrected chi connectivity index (χ1v) is 7.70. The van der Waals surface area contributed by atoms with Crippen LogP contribution in [0.2, 0.25) is 0 Å². The summed E-state index contributed by atoms with van der Waals surface area (Å²) in [6.45, 7) is 1.29. The van der Waals surface area contributed by atoms with E-state index in [2.05, 4.69) is 5.32 Å². The summed E-state index contributed by atoms with van der Waals surface area (Å²) in [6, 6.07) is 3.93. The van der Waals surface area contributed by atoms with Crippen LogP contribution < -0.4 is 5.32 Å². The summed E-state index contributed by atoms with van der Waals surface area (Å²) >= 11 is 0. The van der Waals surface area contributed by atoms with Crippen molar-refractivity contribution < 1.29 is 17.5 Å². The molecule has 4 nitrogen and oxygen atoms in total. The zero-order valence-electron chi connectivity index (χ0n) is 10.1. The van der Waals surface area contributed by atoms with Gasteiger partial charge in [-0.25, -0.2) is 12.8 Å². The smallest absolute Gasteiger partial charge is 0.175 e. The van der Waals surface area contributed by atoms with Crippen molar-refractivity contribution in [2.75, 3.05) is 24.8 Å². The van der Waals surface area contributed by atoms with E-state index in [1.54, 1.807) is 0 Å². The number of ether oxygens (including phenoxy) is 1. The first kappa shape index (κ1) is 13.3. The SMILES string of the molecule is CS(=O)(=O)c1ccc(F)c(NC2CCOCC2)c1. The lowest BCUT2D eigenvalue weighted by molar-refractivity contribution is 0.0904. The number of anilines is 1. The van der Waals surface area contributed by atoms with Gasteiger partial charge in [0.1, 0.15) is 5.82 Å². The average molecular weight is 273 g/mol. The number of benzene rings is 1. The van der Waals surface area contributed by atoms with E-state index >= 15 is 0 Å². The number of hydrogen-bond donors (Lipinski definition) is 1. The van der Waals surface area contributed by atoms with E-state index in [-0.39, 0.29) is 16.6 Å². The molecular weight excluding hydrogens is 257 g/mol. The molecule has 1 aliphatic rings. The summed E-state index contributed by atoms with van der Waals surface area (Å²) in [5, 5.41) is 3.04. The van der Waals surface area contributed by atoms with Crippen molar-refractivity contribution in [2.24, 2.45) is 0 Å². The van der Waals surface area contributed by atoms with Crippen LogP contribution in [0.3, 0.4) is 0 Å². The first-order chi connectivity index (χ1) is 8.47. The van der Waals surface area contributed by atoms with E-state index in [0.717, 1.165) is 19.1 Å². The Morgan fingerprint density at radius 1 is 1.33 bits per heavy atom. The Kier molecular flexibility index (Phi) is 3.87. The van der Waals surface area contributed by atoms with Crippen molar-refractivity contribution in [3.05, 3.63) is 24.0 Å². The monoisotopic (exact) mass is 273 g/mol. The van der Waals surface area contributed by atoms with Crippen LogP contribution in [0.4, 0.5) is 10.1 Å². The maximum Gasteiger partial charge on any atom is 0.175 e. The summed E-state index contributed by atoms with van der Waals surface area (Å²) in [5.41, 5.74) is 0.241. The third-order valence-corrected chi connectivity index (χ3v) is 4.06. The van der Waals surface area contributed by atoms with Crippen molar-refractivity contribution in [2.45, 2.75) is 23.8 Å². The fourth-order valence-corrected chi connectivity index (χ4v) is 2.55. The van der Waals surface area contributed by atoms with Gasteiger partial charge in [0.25, 0.3) is 0 Å².